The van der Waals surface area contributed by atoms with Crippen LogP contribution in [0.3, 0.4) is 0 Å². The molecule has 2 aromatic rings. The van der Waals surface area contributed by atoms with Crippen LogP contribution in [0.4, 0.5) is 11.9 Å². The molecule has 0 radical (unpaired) electrons. The molecule has 2 aromatic heterocycles. The quantitative estimate of drug-likeness (QED) is 0.702. The van der Waals surface area contributed by atoms with Crippen molar-refractivity contribution >= 4 is 17.8 Å². The predicted molar refractivity (Wildman–Crippen MR) is 72.9 cm³/mol. The predicted octanol–water partition coefficient (Wildman–Crippen LogP) is -1.43. The van der Waals surface area contributed by atoms with Gasteiger partial charge in [0.2, 0.25) is 11.9 Å². The number of nitrogen functional groups attached to an aromatic ring is 1. The number of hydrogen-bond acceptors (Lipinski definition) is 8. The molecular weight excluding hydrogens is 276 g/mol. The number of amides is 1. The van der Waals surface area contributed by atoms with Crippen molar-refractivity contribution < 1.29 is 9.53 Å². The number of rotatable bonds is 3. The van der Waals surface area contributed by atoms with Gasteiger partial charge in [0.1, 0.15) is 0 Å². The van der Waals surface area contributed by atoms with E-state index in [9.17, 15) is 4.79 Å². The number of aromatic nitrogens is 5. The highest BCUT2D eigenvalue weighted by Crippen LogP contribution is 2.13. The summed E-state index contributed by atoms with van der Waals surface area (Å²) in [6.45, 7) is 2.56. The van der Waals surface area contributed by atoms with Crippen LogP contribution in [0.15, 0.2) is 12.4 Å². The summed E-state index contributed by atoms with van der Waals surface area (Å²) in [6, 6.07) is 0. The molecule has 1 fully saturated rings. The summed E-state index contributed by atoms with van der Waals surface area (Å²) < 4.78 is 6.62. The van der Waals surface area contributed by atoms with Crippen molar-refractivity contribution in [2.75, 3.05) is 36.9 Å². The van der Waals surface area contributed by atoms with Crippen LogP contribution in [0.2, 0.25) is 0 Å². The lowest BCUT2D eigenvalue weighted by atomic mass is 10.4. The molecule has 110 valence electrons. The van der Waals surface area contributed by atoms with Gasteiger partial charge in [-0.2, -0.15) is 20.1 Å². The zero-order valence-electron chi connectivity index (χ0n) is 11.1. The summed E-state index contributed by atoms with van der Waals surface area (Å²) >= 11 is 0. The van der Waals surface area contributed by atoms with Crippen molar-refractivity contribution in [1.29, 1.82) is 0 Å². The Morgan fingerprint density at radius 1 is 1.19 bits per heavy atom. The van der Waals surface area contributed by atoms with Crippen LogP contribution in [-0.4, -0.2) is 56.9 Å². The number of hydrogen-bond donors (Lipinski definition) is 2. The molecule has 0 bridgehead atoms. The van der Waals surface area contributed by atoms with Gasteiger partial charge in [-0.3, -0.25) is 4.79 Å². The van der Waals surface area contributed by atoms with E-state index in [-0.39, 0.29) is 17.5 Å². The smallest absolute Gasteiger partial charge is 0.257 e. The van der Waals surface area contributed by atoms with Crippen LogP contribution in [0, 0.1) is 0 Å². The van der Waals surface area contributed by atoms with E-state index < -0.39 is 5.91 Å². The second kappa shape index (κ2) is 5.32. The van der Waals surface area contributed by atoms with Gasteiger partial charge in [-0.25, -0.2) is 4.68 Å². The first kappa shape index (κ1) is 13.2. The first-order valence-electron chi connectivity index (χ1n) is 6.32. The molecule has 0 spiro atoms. The summed E-state index contributed by atoms with van der Waals surface area (Å²) in [5.74, 6) is 0.197. The van der Waals surface area contributed by atoms with Crippen molar-refractivity contribution in [3.63, 3.8) is 0 Å². The molecule has 3 rings (SSSR count). The van der Waals surface area contributed by atoms with E-state index in [0.717, 1.165) is 0 Å². The molecule has 10 nitrogen and oxygen atoms in total. The largest absolute Gasteiger partial charge is 0.378 e. The van der Waals surface area contributed by atoms with Crippen molar-refractivity contribution in [3.05, 3.63) is 18.0 Å². The summed E-state index contributed by atoms with van der Waals surface area (Å²) in [4.78, 5) is 25.5. The van der Waals surface area contributed by atoms with E-state index in [2.05, 4.69) is 20.1 Å². The molecular formula is C11H14N8O2. The van der Waals surface area contributed by atoms with Gasteiger partial charge in [0.25, 0.3) is 11.9 Å². The van der Waals surface area contributed by atoms with Gasteiger partial charge in [0.05, 0.1) is 25.0 Å². The van der Waals surface area contributed by atoms with Gasteiger partial charge in [-0.1, -0.05) is 0 Å². The average molecular weight is 290 g/mol. The molecule has 4 N–H and O–H groups in total. The van der Waals surface area contributed by atoms with E-state index >= 15 is 0 Å². The Kier molecular flexibility index (Phi) is 3.36. The van der Waals surface area contributed by atoms with Crippen molar-refractivity contribution in [1.82, 2.24) is 24.7 Å². The molecule has 10 heteroatoms. The lowest BCUT2D eigenvalue weighted by Crippen LogP contribution is -2.37. The molecule has 0 aromatic carbocycles. The molecule has 0 saturated carbocycles. The molecule has 0 aliphatic carbocycles. The molecule has 3 heterocycles. The highest BCUT2D eigenvalue weighted by molar-refractivity contribution is 5.92. The Morgan fingerprint density at radius 3 is 2.57 bits per heavy atom. The number of anilines is 2. The zero-order valence-corrected chi connectivity index (χ0v) is 11.1. The van der Waals surface area contributed by atoms with Gasteiger partial charge in [-0.15, -0.1) is 0 Å². The van der Waals surface area contributed by atoms with Gasteiger partial charge < -0.3 is 21.1 Å². The average Bonchev–Trinajstić information content (AvgIpc) is 2.98. The van der Waals surface area contributed by atoms with Gasteiger partial charge in [0.15, 0.2) is 0 Å². The van der Waals surface area contributed by atoms with Gasteiger partial charge in [-0.05, 0) is 0 Å². The first-order chi connectivity index (χ1) is 10.1. The van der Waals surface area contributed by atoms with E-state index in [4.69, 9.17) is 16.2 Å². The minimum absolute atomic E-state index is 0.0811. The maximum absolute atomic E-state index is 11.1. The van der Waals surface area contributed by atoms with E-state index in [1.165, 1.54) is 17.1 Å². The zero-order chi connectivity index (χ0) is 14.8. The maximum atomic E-state index is 11.1. The normalized spacial score (nSPS) is 15.1. The van der Waals surface area contributed by atoms with Crippen molar-refractivity contribution in [2.45, 2.75) is 0 Å². The number of carbonyl (C=O) groups excluding carboxylic acids is 1. The molecule has 0 unspecified atom stereocenters. The Balaban J connectivity index is 1.94. The number of ether oxygens (including phenoxy) is 1. The van der Waals surface area contributed by atoms with Crippen LogP contribution in [0.5, 0.6) is 0 Å². The van der Waals surface area contributed by atoms with Crippen LogP contribution >= 0.6 is 0 Å². The number of nitrogens with two attached hydrogens (primary N) is 2. The highest BCUT2D eigenvalue weighted by atomic mass is 16.5. The fourth-order valence-electron chi connectivity index (χ4n) is 1.94. The Morgan fingerprint density at radius 2 is 1.90 bits per heavy atom. The van der Waals surface area contributed by atoms with Crippen LogP contribution in [0.25, 0.3) is 5.95 Å². The van der Waals surface area contributed by atoms with E-state index in [1.807, 2.05) is 4.90 Å². The van der Waals surface area contributed by atoms with Crippen LogP contribution in [-0.2, 0) is 4.74 Å². The summed E-state index contributed by atoms with van der Waals surface area (Å²) in [5.41, 5.74) is 11.2. The van der Waals surface area contributed by atoms with E-state index in [0.29, 0.717) is 32.3 Å². The third-order valence-corrected chi connectivity index (χ3v) is 3.00. The van der Waals surface area contributed by atoms with Crippen molar-refractivity contribution in [2.24, 2.45) is 5.73 Å². The third-order valence-electron chi connectivity index (χ3n) is 3.00. The standard InChI is InChI=1S/C11H14N8O2/c12-8(20)7-5-14-19(6-7)11-16-9(13)15-10(17-11)18-1-3-21-4-2-18/h5-6H,1-4H2,(H2,12,20)(H2,13,15,16,17). The van der Waals surface area contributed by atoms with Crippen molar-refractivity contribution in [3.8, 4) is 5.95 Å². The Labute approximate surface area is 119 Å². The summed E-state index contributed by atoms with van der Waals surface area (Å²) in [7, 11) is 0. The fraction of sp³-hybridized carbons (Fsp3) is 0.364. The minimum Gasteiger partial charge on any atom is -0.378 e. The minimum atomic E-state index is -0.573. The van der Waals surface area contributed by atoms with Gasteiger partial charge in [0, 0.05) is 19.3 Å². The number of carbonyl (C=O) groups is 1. The Bertz CT molecular complexity index is 664. The summed E-state index contributed by atoms with van der Waals surface area (Å²) in [6.07, 6.45) is 2.79. The number of primary amides is 1. The van der Waals surface area contributed by atoms with E-state index in [1.54, 1.807) is 0 Å². The first-order valence-corrected chi connectivity index (χ1v) is 6.32. The maximum Gasteiger partial charge on any atom is 0.257 e. The number of morpholine rings is 1. The second-order valence-corrected chi connectivity index (χ2v) is 4.43. The second-order valence-electron chi connectivity index (χ2n) is 4.43. The molecule has 1 aliphatic rings. The third kappa shape index (κ3) is 2.74. The highest BCUT2D eigenvalue weighted by Gasteiger charge is 2.17. The Hall–Kier alpha value is -2.75. The molecule has 1 saturated heterocycles. The van der Waals surface area contributed by atoms with Crippen LogP contribution in [0.1, 0.15) is 10.4 Å². The SMILES string of the molecule is NC(=O)c1cnn(-c2nc(N)nc(N3CCOCC3)n2)c1. The van der Waals surface area contributed by atoms with Crippen LogP contribution < -0.4 is 16.4 Å². The fourth-order valence-corrected chi connectivity index (χ4v) is 1.94. The molecule has 1 amide bonds. The lowest BCUT2D eigenvalue weighted by Gasteiger charge is -2.26. The molecule has 21 heavy (non-hydrogen) atoms. The van der Waals surface area contributed by atoms with Gasteiger partial charge >= 0.3 is 0 Å². The summed E-state index contributed by atoms with van der Waals surface area (Å²) in [5, 5.41) is 4.00. The lowest BCUT2D eigenvalue weighted by molar-refractivity contribution is 0.100. The number of nitrogens with zero attached hydrogens (tertiary/aromatic N) is 6. The monoisotopic (exact) mass is 290 g/mol. The molecule has 1 aliphatic heterocycles. The topological polar surface area (TPSA) is 138 Å². The molecule has 0 atom stereocenters.